The second-order valence-electron chi connectivity index (χ2n) is 4.71. The molecule has 0 atom stereocenters. The lowest BCUT2D eigenvalue weighted by Gasteiger charge is -2.05. The van der Waals surface area contributed by atoms with Gasteiger partial charge in [-0.2, -0.15) is 0 Å². The lowest BCUT2D eigenvalue weighted by atomic mass is 10.1. The third-order valence-electron chi connectivity index (χ3n) is 3.04. The Morgan fingerprint density at radius 2 is 1.40 bits per heavy atom. The monoisotopic (exact) mass is 368 g/mol. The fraction of sp³-hybridized carbons (Fsp3) is 0. The maximum atomic E-state index is 11.3. The Hall–Kier alpha value is -2.50. The SMILES string of the molecule is C=CC(=O)S/C=C\Oc1ccc(-c2ccc(SC(=O)C=C)cc2)cc1. The molecular weight excluding hydrogens is 352 g/mol. The average Bonchev–Trinajstić information content (AvgIpc) is 2.66. The quantitative estimate of drug-likeness (QED) is 0.369. The van der Waals surface area contributed by atoms with Crippen molar-refractivity contribution in [2.45, 2.75) is 4.90 Å². The molecular formula is C20H16O3S2. The van der Waals surface area contributed by atoms with E-state index >= 15 is 0 Å². The number of carbonyl (C=O) groups is 2. The van der Waals surface area contributed by atoms with Gasteiger partial charge in [-0.3, -0.25) is 9.59 Å². The summed E-state index contributed by atoms with van der Waals surface area (Å²) in [6.45, 7) is 6.85. The van der Waals surface area contributed by atoms with Crippen LogP contribution in [0.3, 0.4) is 0 Å². The topological polar surface area (TPSA) is 43.4 Å². The highest BCUT2D eigenvalue weighted by atomic mass is 32.2. The maximum Gasteiger partial charge on any atom is 0.216 e. The maximum absolute atomic E-state index is 11.3. The Morgan fingerprint density at radius 3 is 1.96 bits per heavy atom. The van der Waals surface area contributed by atoms with Crippen LogP contribution in [0.15, 0.2) is 90.4 Å². The zero-order valence-electron chi connectivity index (χ0n) is 13.4. The lowest BCUT2D eigenvalue weighted by molar-refractivity contribution is -0.107. The first-order chi connectivity index (χ1) is 12.1. The number of rotatable bonds is 7. The summed E-state index contributed by atoms with van der Waals surface area (Å²) >= 11 is 2.16. The van der Waals surface area contributed by atoms with Crippen molar-refractivity contribution in [3.05, 3.63) is 85.5 Å². The summed E-state index contributed by atoms with van der Waals surface area (Å²) in [5.41, 5.74) is 2.09. The minimum Gasteiger partial charge on any atom is -0.464 e. The molecule has 0 aliphatic rings. The van der Waals surface area contributed by atoms with Gasteiger partial charge in [0.15, 0.2) is 0 Å². The predicted molar refractivity (Wildman–Crippen MR) is 106 cm³/mol. The Bertz CT molecular complexity index is 791. The molecule has 3 nitrogen and oxygen atoms in total. The molecule has 0 spiro atoms. The zero-order valence-corrected chi connectivity index (χ0v) is 15.0. The van der Waals surface area contributed by atoms with Crippen molar-refractivity contribution in [1.82, 2.24) is 0 Å². The number of carbonyl (C=O) groups excluding carboxylic acids is 2. The van der Waals surface area contributed by atoms with Gasteiger partial charge in [-0.25, -0.2) is 0 Å². The molecule has 0 aliphatic carbocycles. The summed E-state index contributed by atoms with van der Waals surface area (Å²) in [5.74, 6) is 0.676. The van der Waals surface area contributed by atoms with E-state index in [2.05, 4.69) is 13.2 Å². The van der Waals surface area contributed by atoms with E-state index in [9.17, 15) is 9.59 Å². The van der Waals surface area contributed by atoms with Crippen LogP contribution in [-0.4, -0.2) is 10.2 Å². The molecule has 0 saturated heterocycles. The molecule has 0 unspecified atom stereocenters. The molecule has 0 aromatic heterocycles. The van der Waals surface area contributed by atoms with E-state index in [1.54, 1.807) is 5.41 Å². The lowest BCUT2D eigenvalue weighted by Crippen LogP contribution is -1.85. The van der Waals surface area contributed by atoms with Gasteiger partial charge < -0.3 is 4.74 Å². The Labute approximate surface area is 155 Å². The molecule has 0 bridgehead atoms. The van der Waals surface area contributed by atoms with Gasteiger partial charge >= 0.3 is 0 Å². The van der Waals surface area contributed by atoms with E-state index in [1.165, 1.54) is 18.4 Å². The van der Waals surface area contributed by atoms with Crippen molar-refractivity contribution < 1.29 is 14.3 Å². The van der Waals surface area contributed by atoms with Crippen LogP contribution < -0.4 is 4.74 Å². The van der Waals surface area contributed by atoms with Crippen LogP contribution in [0.25, 0.3) is 11.1 Å². The normalized spacial score (nSPS) is 10.4. The number of ether oxygens (including phenoxy) is 1. The summed E-state index contributed by atoms with van der Waals surface area (Å²) in [4.78, 5) is 23.3. The van der Waals surface area contributed by atoms with Crippen LogP contribution in [-0.2, 0) is 9.59 Å². The Kier molecular flexibility index (Phi) is 7.32. The van der Waals surface area contributed by atoms with Crippen molar-refractivity contribution in [3.63, 3.8) is 0 Å². The molecule has 0 heterocycles. The predicted octanol–water partition coefficient (Wildman–Crippen LogP) is 5.45. The van der Waals surface area contributed by atoms with Gasteiger partial charge in [0.2, 0.25) is 10.2 Å². The van der Waals surface area contributed by atoms with Crippen LogP contribution in [0.2, 0.25) is 0 Å². The molecule has 0 amide bonds. The van der Waals surface area contributed by atoms with Crippen molar-refractivity contribution in [1.29, 1.82) is 0 Å². The standard InChI is InChI=1S/C20H16O3S2/c1-3-19(21)24-14-13-23-17-9-5-15(6-10-17)16-7-11-18(12-8-16)25-20(22)4-2/h3-14H,1-2H2/b14-13-. The van der Waals surface area contributed by atoms with E-state index in [0.29, 0.717) is 5.75 Å². The van der Waals surface area contributed by atoms with Crippen LogP contribution in [0.5, 0.6) is 5.75 Å². The van der Waals surface area contributed by atoms with E-state index < -0.39 is 0 Å². The van der Waals surface area contributed by atoms with Gasteiger partial charge in [-0.15, -0.1) is 0 Å². The molecule has 0 aliphatic heterocycles. The number of hydrogen-bond donors (Lipinski definition) is 0. The van der Waals surface area contributed by atoms with Gasteiger partial charge in [0.05, 0.1) is 6.26 Å². The summed E-state index contributed by atoms with van der Waals surface area (Å²) in [6, 6.07) is 15.3. The van der Waals surface area contributed by atoms with Gasteiger partial charge in [-0.05, 0) is 59.3 Å². The van der Waals surface area contributed by atoms with E-state index in [0.717, 1.165) is 39.5 Å². The largest absolute Gasteiger partial charge is 0.464 e. The second-order valence-corrected chi connectivity index (χ2v) is 6.69. The molecule has 0 radical (unpaired) electrons. The zero-order chi connectivity index (χ0) is 18.1. The number of hydrogen-bond acceptors (Lipinski definition) is 5. The van der Waals surface area contributed by atoms with E-state index in [4.69, 9.17) is 4.74 Å². The van der Waals surface area contributed by atoms with Crippen molar-refractivity contribution in [2.24, 2.45) is 0 Å². The smallest absolute Gasteiger partial charge is 0.216 e. The first-order valence-electron chi connectivity index (χ1n) is 7.32. The van der Waals surface area contributed by atoms with E-state index in [1.807, 2.05) is 48.5 Å². The number of benzene rings is 2. The number of thioether (sulfide) groups is 2. The van der Waals surface area contributed by atoms with Crippen molar-refractivity contribution in [3.8, 4) is 16.9 Å². The summed E-state index contributed by atoms with van der Waals surface area (Å²) < 4.78 is 5.43. The molecule has 0 fully saturated rings. The van der Waals surface area contributed by atoms with E-state index in [-0.39, 0.29) is 10.2 Å². The minimum absolute atomic E-state index is 0.0738. The van der Waals surface area contributed by atoms with Crippen LogP contribution >= 0.6 is 23.5 Å². The molecule has 5 heteroatoms. The fourth-order valence-corrected chi connectivity index (χ4v) is 2.78. The summed E-state index contributed by atoms with van der Waals surface area (Å²) in [7, 11) is 0. The van der Waals surface area contributed by atoms with Crippen molar-refractivity contribution >= 4 is 33.8 Å². The Morgan fingerprint density at radius 1 is 0.840 bits per heavy atom. The highest BCUT2D eigenvalue weighted by Gasteiger charge is 2.02. The van der Waals surface area contributed by atoms with Gasteiger partial charge in [0, 0.05) is 10.3 Å². The molecule has 126 valence electrons. The van der Waals surface area contributed by atoms with Gasteiger partial charge in [-0.1, -0.05) is 49.2 Å². The molecule has 2 aromatic rings. The molecule has 2 aromatic carbocycles. The van der Waals surface area contributed by atoms with Crippen LogP contribution in [0.4, 0.5) is 0 Å². The Balaban J connectivity index is 1.97. The molecule has 25 heavy (non-hydrogen) atoms. The first-order valence-corrected chi connectivity index (χ1v) is 9.01. The van der Waals surface area contributed by atoms with Crippen LogP contribution in [0, 0.1) is 0 Å². The average molecular weight is 368 g/mol. The molecule has 2 rings (SSSR count). The van der Waals surface area contributed by atoms with Crippen molar-refractivity contribution in [2.75, 3.05) is 0 Å². The molecule has 0 saturated carbocycles. The fourth-order valence-electron chi connectivity index (χ4n) is 1.85. The third kappa shape index (κ3) is 6.14. The second kappa shape index (κ2) is 9.71. The summed E-state index contributed by atoms with van der Waals surface area (Å²) in [6.07, 6.45) is 4.02. The summed E-state index contributed by atoms with van der Waals surface area (Å²) in [5, 5.41) is 1.36. The molecule has 0 N–H and O–H groups in total. The van der Waals surface area contributed by atoms with Crippen LogP contribution in [0.1, 0.15) is 0 Å². The highest BCUT2D eigenvalue weighted by molar-refractivity contribution is 8.16. The highest BCUT2D eigenvalue weighted by Crippen LogP contribution is 2.26. The van der Waals surface area contributed by atoms with Gasteiger partial charge in [0.25, 0.3) is 0 Å². The first kappa shape index (κ1) is 18.8. The van der Waals surface area contributed by atoms with Gasteiger partial charge in [0.1, 0.15) is 5.75 Å². The minimum atomic E-state index is -0.133. The third-order valence-corrected chi connectivity index (χ3v) is 4.56.